The molecule has 0 saturated heterocycles. The highest BCUT2D eigenvalue weighted by Gasteiger charge is 2.35. The molecule has 1 aliphatic rings. The van der Waals surface area contributed by atoms with E-state index >= 15 is 0 Å². The summed E-state index contributed by atoms with van der Waals surface area (Å²) < 4.78 is 4.68. The standard InChI is InChI=1S/C13H15NO3/c1-13(2)7-11(14-16)9-6-8(12(15)17-3)4-5-10(9)13/h4-6,16H,7H2,1-3H3. The van der Waals surface area contributed by atoms with Crippen LogP contribution >= 0.6 is 0 Å². The molecule has 4 heteroatoms. The van der Waals surface area contributed by atoms with Crippen molar-refractivity contribution in [2.75, 3.05) is 7.11 Å². The highest BCUT2D eigenvalue weighted by Crippen LogP contribution is 2.38. The van der Waals surface area contributed by atoms with Crippen LogP contribution in [-0.2, 0) is 10.2 Å². The van der Waals surface area contributed by atoms with Crippen LogP contribution in [0.2, 0.25) is 0 Å². The third kappa shape index (κ3) is 1.79. The van der Waals surface area contributed by atoms with Crippen molar-refractivity contribution in [1.29, 1.82) is 0 Å². The summed E-state index contributed by atoms with van der Waals surface area (Å²) in [4.78, 5) is 11.4. The van der Waals surface area contributed by atoms with Crippen LogP contribution in [-0.4, -0.2) is 24.0 Å². The number of benzene rings is 1. The molecule has 0 radical (unpaired) electrons. The number of hydrogen-bond acceptors (Lipinski definition) is 4. The van der Waals surface area contributed by atoms with Gasteiger partial charge in [-0.25, -0.2) is 4.79 Å². The average Bonchev–Trinajstić information content (AvgIpc) is 2.59. The van der Waals surface area contributed by atoms with E-state index in [1.807, 2.05) is 6.07 Å². The molecule has 0 amide bonds. The minimum absolute atomic E-state index is 0.0639. The van der Waals surface area contributed by atoms with Crippen molar-refractivity contribution in [2.24, 2.45) is 5.16 Å². The zero-order chi connectivity index (χ0) is 12.6. The van der Waals surface area contributed by atoms with Crippen LogP contribution in [0.25, 0.3) is 0 Å². The predicted octanol–water partition coefficient (Wildman–Crippen LogP) is 2.33. The topological polar surface area (TPSA) is 58.9 Å². The van der Waals surface area contributed by atoms with Gasteiger partial charge in [0.25, 0.3) is 0 Å². The molecule has 0 saturated carbocycles. The molecule has 4 nitrogen and oxygen atoms in total. The number of ether oxygens (including phenoxy) is 1. The zero-order valence-electron chi connectivity index (χ0n) is 10.2. The summed E-state index contributed by atoms with van der Waals surface area (Å²) in [6.45, 7) is 4.17. The smallest absolute Gasteiger partial charge is 0.337 e. The van der Waals surface area contributed by atoms with Gasteiger partial charge in [0, 0.05) is 12.0 Å². The van der Waals surface area contributed by atoms with Crippen molar-refractivity contribution in [2.45, 2.75) is 25.7 Å². The number of hydrogen-bond donors (Lipinski definition) is 1. The molecule has 0 heterocycles. The van der Waals surface area contributed by atoms with Crippen molar-refractivity contribution in [3.05, 3.63) is 34.9 Å². The third-order valence-electron chi connectivity index (χ3n) is 3.21. The number of methoxy groups -OCH3 is 1. The molecule has 0 spiro atoms. The average molecular weight is 233 g/mol. The molecule has 0 bridgehead atoms. The van der Waals surface area contributed by atoms with E-state index in [1.165, 1.54) is 7.11 Å². The second kappa shape index (κ2) is 3.87. The minimum atomic E-state index is -0.380. The van der Waals surface area contributed by atoms with Crippen LogP contribution in [0.15, 0.2) is 23.4 Å². The van der Waals surface area contributed by atoms with Gasteiger partial charge in [-0.1, -0.05) is 25.1 Å². The number of carbonyl (C=O) groups is 1. The van der Waals surface area contributed by atoms with Crippen molar-refractivity contribution in [3.63, 3.8) is 0 Å². The van der Waals surface area contributed by atoms with Crippen LogP contribution in [0, 0.1) is 0 Å². The Morgan fingerprint density at radius 3 is 2.76 bits per heavy atom. The van der Waals surface area contributed by atoms with Gasteiger partial charge in [-0.3, -0.25) is 0 Å². The van der Waals surface area contributed by atoms with Crippen LogP contribution in [0.1, 0.15) is 41.8 Å². The zero-order valence-corrected chi connectivity index (χ0v) is 10.2. The summed E-state index contributed by atoms with van der Waals surface area (Å²) in [6, 6.07) is 5.37. The van der Waals surface area contributed by atoms with Crippen molar-refractivity contribution in [3.8, 4) is 0 Å². The van der Waals surface area contributed by atoms with E-state index in [-0.39, 0.29) is 11.4 Å². The van der Waals surface area contributed by atoms with Gasteiger partial charge in [0.1, 0.15) is 0 Å². The summed E-state index contributed by atoms with van der Waals surface area (Å²) in [6.07, 6.45) is 0.670. The van der Waals surface area contributed by atoms with Gasteiger partial charge in [0.2, 0.25) is 0 Å². The monoisotopic (exact) mass is 233 g/mol. The van der Waals surface area contributed by atoms with E-state index in [9.17, 15) is 4.79 Å². The molecule has 90 valence electrons. The molecule has 0 aliphatic heterocycles. The fourth-order valence-electron chi connectivity index (χ4n) is 2.32. The largest absolute Gasteiger partial charge is 0.465 e. The maximum Gasteiger partial charge on any atom is 0.337 e. The van der Waals surface area contributed by atoms with Crippen molar-refractivity contribution < 1.29 is 14.7 Å². The molecule has 1 aromatic rings. The molecule has 0 aromatic heterocycles. The first-order valence-electron chi connectivity index (χ1n) is 5.44. The Kier molecular flexibility index (Phi) is 2.65. The first-order valence-corrected chi connectivity index (χ1v) is 5.44. The lowest BCUT2D eigenvalue weighted by atomic mass is 9.86. The number of esters is 1. The molecule has 0 fully saturated rings. The molecule has 1 aliphatic carbocycles. The van der Waals surface area contributed by atoms with E-state index in [0.717, 1.165) is 11.1 Å². The Hall–Kier alpha value is -1.84. The van der Waals surface area contributed by atoms with Crippen LogP contribution in [0.4, 0.5) is 0 Å². The van der Waals surface area contributed by atoms with Gasteiger partial charge in [0.05, 0.1) is 18.4 Å². The van der Waals surface area contributed by atoms with Crippen molar-refractivity contribution in [1.82, 2.24) is 0 Å². The van der Waals surface area contributed by atoms with Crippen LogP contribution < -0.4 is 0 Å². The second-order valence-corrected chi connectivity index (χ2v) is 4.86. The Morgan fingerprint density at radius 1 is 1.47 bits per heavy atom. The Morgan fingerprint density at radius 2 is 2.18 bits per heavy atom. The van der Waals surface area contributed by atoms with E-state index in [4.69, 9.17) is 5.21 Å². The summed E-state index contributed by atoms with van der Waals surface area (Å²) in [5, 5.41) is 12.3. The first-order chi connectivity index (χ1) is 7.99. The van der Waals surface area contributed by atoms with Crippen LogP contribution in [0.3, 0.4) is 0 Å². The molecular formula is C13H15NO3. The lowest BCUT2D eigenvalue weighted by Gasteiger charge is -2.17. The van der Waals surface area contributed by atoms with Crippen LogP contribution in [0.5, 0.6) is 0 Å². The predicted molar refractivity (Wildman–Crippen MR) is 63.7 cm³/mol. The van der Waals surface area contributed by atoms with E-state index in [2.05, 4.69) is 23.7 Å². The quantitative estimate of drug-likeness (QED) is 0.460. The molecule has 0 unspecified atom stereocenters. The maximum absolute atomic E-state index is 11.4. The molecular weight excluding hydrogens is 218 g/mol. The summed E-state index contributed by atoms with van der Waals surface area (Å²) in [5.74, 6) is -0.380. The highest BCUT2D eigenvalue weighted by molar-refractivity contribution is 6.07. The van der Waals surface area contributed by atoms with Gasteiger partial charge in [-0.2, -0.15) is 0 Å². The maximum atomic E-state index is 11.4. The Bertz CT molecular complexity index is 503. The SMILES string of the molecule is COC(=O)c1ccc2c(c1)C(=NO)CC2(C)C. The second-order valence-electron chi connectivity index (χ2n) is 4.86. The fourth-order valence-corrected chi connectivity index (χ4v) is 2.32. The van der Waals surface area contributed by atoms with Gasteiger partial charge in [-0.15, -0.1) is 0 Å². The van der Waals surface area contributed by atoms with E-state index in [1.54, 1.807) is 12.1 Å². The summed E-state index contributed by atoms with van der Waals surface area (Å²) >= 11 is 0. The molecule has 0 atom stereocenters. The van der Waals surface area contributed by atoms with Gasteiger partial charge in [-0.05, 0) is 23.1 Å². The Balaban J connectivity index is 2.56. The third-order valence-corrected chi connectivity index (χ3v) is 3.21. The Labute approximate surface area is 99.9 Å². The minimum Gasteiger partial charge on any atom is -0.465 e. The number of nitrogens with zero attached hydrogens (tertiary/aromatic N) is 1. The molecule has 2 rings (SSSR count). The number of carbonyl (C=O) groups excluding carboxylic acids is 1. The van der Waals surface area contributed by atoms with Gasteiger partial charge in [0.15, 0.2) is 0 Å². The van der Waals surface area contributed by atoms with E-state index < -0.39 is 0 Å². The fraction of sp³-hybridized carbons (Fsp3) is 0.385. The van der Waals surface area contributed by atoms with Crippen molar-refractivity contribution >= 4 is 11.7 Å². The molecule has 17 heavy (non-hydrogen) atoms. The van der Waals surface area contributed by atoms with Gasteiger partial charge < -0.3 is 9.94 Å². The lowest BCUT2D eigenvalue weighted by molar-refractivity contribution is 0.0600. The highest BCUT2D eigenvalue weighted by atomic mass is 16.5. The number of rotatable bonds is 1. The lowest BCUT2D eigenvalue weighted by Crippen LogP contribution is -2.12. The summed E-state index contributed by atoms with van der Waals surface area (Å²) in [7, 11) is 1.35. The number of fused-ring (bicyclic) bond motifs is 1. The normalized spacial score (nSPS) is 19.1. The molecule has 1 aromatic carbocycles. The number of oxime groups is 1. The molecule has 1 N–H and O–H groups in total. The van der Waals surface area contributed by atoms with Gasteiger partial charge >= 0.3 is 5.97 Å². The first kappa shape index (κ1) is 11.6. The van der Waals surface area contributed by atoms with E-state index in [0.29, 0.717) is 17.7 Å². The summed E-state index contributed by atoms with van der Waals surface area (Å²) in [5.41, 5.74) is 2.96.